The number of halogens is 2. The van der Waals surface area contributed by atoms with Crippen molar-refractivity contribution in [3.8, 4) is 0 Å². The Morgan fingerprint density at radius 1 is 1.10 bits per heavy atom. The molecule has 0 heterocycles. The highest BCUT2D eigenvalue weighted by Crippen LogP contribution is 2.24. The molecule has 0 unspecified atom stereocenters. The van der Waals surface area contributed by atoms with Gasteiger partial charge in [0.25, 0.3) is 5.70 Å². The van der Waals surface area contributed by atoms with Crippen molar-refractivity contribution < 1.29 is 4.92 Å². The number of benzene rings is 2. The van der Waals surface area contributed by atoms with Crippen LogP contribution < -0.4 is 0 Å². The smallest absolute Gasteiger partial charge is 0.251 e. The lowest BCUT2D eigenvalue weighted by atomic mass is 10.1. The van der Waals surface area contributed by atoms with E-state index in [9.17, 15) is 10.1 Å². The second-order valence-electron chi connectivity index (χ2n) is 4.23. The molecule has 0 aliphatic heterocycles. The molecule has 20 heavy (non-hydrogen) atoms. The van der Waals surface area contributed by atoms with Gasteiger partial charge in [0.2, 0.25) is 0 Å². The van der Waals surface area contributed by atoms with Gasteiger partial charge in [-0.3, -0.25) is 10.1 Å². The molecule has 2 aromatic rings. The normalized spacial score (nSPS) is 11.4. The summed E-state index contributed by atoms with van der Waals surface area (Å²) in [5.41, 5.74) is 1.65. The first-order chi connectivity index (χ1) is 9.56. The van der Waals surface area contributed by atoms with E-state index in [0.717, 1.165) is 5.56 Å². The van der Waals surface area contributed by atoms with Crippen molar-refractivity contribution in [2.45, 2.75) is 6.42 Å². The molecule has 2 aromatic carbocycles. The van der Waals surface area contributed by atoms with E-state index in [-0.39, 0.29) is 17.0 Å². The van der Waals surface area contributed by atoms with Crippen LogP contribution in [0, 0.1) is 10.1 Å². The average Bonchev–Trinajstić information content (AvgIpc) is 2.43. The van der Waals surface area contributed by atoms with Crippen molar-refractivity contribution >= 4 is 29.3 Å². The Bertz CT molecular complexity index is 654. The fraction of sp³-hybridized carbons (Fsp3) is 0.0667. The average molecular weight is 308 g/mol. The highest BCUT2D eigenvalue weighted by molar-refractivity contribution is 6.42. The molecule has 0 N–H and O–H groups in total. The maximum atomic E-state index is 11.1. The second kappa shape index (κ2) is 6.55. The number of nitrogens with zero attached hydrogens (tertiary/aromatic N) is 1. The Morgan fingerprint density at radius 3 is 2.40 bits per heavy atom. The molecule has 0 spiro atoms. The fourth-order valence-electron chi connectivity index (χ4n) is 1.77. The lowest BCUT2D eigenvalue weighted by molar-refractivity contribution is -0.425. The molecule has 0 atom stereocenters. The van der Waals surface area contributed by atoms with E-state index in [1.54, 1.807) is 18.2 Å². The van der Waals surface area contributed by atoms with Gasteiger partial charge >= 0.3 is 0 Å². The van der Waals surface area contributed by atoms with Gasteiger partial charge in [-0.15, -0.1) is 0 Å². The molecule has 0 aromatic heterocycles. The molecule has 0 radical (unpaired) electrons. The number of rotatable bonds is 4. The Morgan fingerprint density at radius 2 is 1.80 bits per heavy atom. The maximum absolute atomic E-state index is 11.1. The van der Waals surface area contributed by atoms with Crippen molar-refractivity contribution in [2.24, 2.45) is 0 Å². The minimum absolute atomic E-state index is 0.106. The molecule has 0 saturated heterocycles. The highest BCUT2D eigenvalue weighted by Gasteiger charge is 2.12. The first kappa shape index (κ1) is 14.6. The van der Waals surface area contributed by atoms with Gasteiger partial charge in [0.1, 0.15) is 0 Å². The van der Waals surface area contributed by atoms with Gasteiger partial charge in [0, 0.05) is 6.08 Å². The van der Waals surface area contributed by atoms with Gasteiger partial charge < -0.3 is 0 Å². The van der Waals surface area contributed by atoms with Crippen LogP contribution >= 0.6 is 23.2 Å². The third kappa shape index (κ3) is 3.83. The van der Waals surface area contributed by atoms with Gasteiger partial charge in [-0.2, -0.15) is 0 Å². The van der Waals surface area contributed by atoms with Crippen molar-refractivity contribution in [1.29, 1.82) is 0 Å². The number of allylic oxidation sites excluding steroid dienone is 1. The van der Waals surface area contributed by atoms with Crippen LogP contribution in [0.3, 0.4) is 0 Å². The van der Waals surface area contributed by atoms with Gasteiger partial charge in [-0.05, 0) is 23.3 Å². The van der Waals surface area contributed by atoms with Crippen LogP contribution in [-0.2, 0) is 6.42 Å². The minimum atomic E-state index is -0.379. The Labute approximate surface area is 126 Å². The molecule has 0 fully saturated rings. The molecular formula is C15H11Cl2NO2. The molecule has 0 amide bonds. The lowest BCUT2D eigenvalue weighted by Gasteiger charge is -2.01. The SMILES string of the molecule is O=[N+]([O-])C(=Cc1ccc(Cl)c(Cl)c1)Cc1ccccc1. The summed E-state index contributed by atoms with van der Waals surface area (Å²) in [6, 6.07) is 14.2. The van der Waals surface area contributed by atoms with Crippen LogP contribution in [-0.4, -0.2) is 4.92 Å². The van der Waals surface area contributed by atoms with Crippen LogP contribution in [0.2, 0.25) is 10.0 Å². The summed E-state index contributed by atoms with van der Waals surface area (Å²) in [6.45, 7) is 0. The van der Waals surface area contributed by atoms with Crippen molar-refractivity contribution in [3.63, 3.8) is 0 Å². The number of hydrogen-bond donors (Lipinski definition) is 0. The van der Waals surface area contributed by atoms with E-state index in [2.05, 4.69) is 0 Å². The van der Waals surface area contributed by atoms with Crippen LogP contribution in [0.1, 0.15) is 11.1 Å². The lowest BCUT2D eigenvalue weighted by Crippen LogP contribution is -2.02. The largest absolute Gasteiger partial charge is 0.259 e. The highest BCUT2D eigenvalue weighted by atomic mass is 35.5. The standard InChI is InChI=1S/C15H11Cl2NO2/c16-14-7-6-12(10-15(14)17)9-13(18(19)20)8-11-4-2-1-3-5-11/h1-7,9-10H,8H2. The second-order valence-corrected chi connectivity index (χ2v) is 5.04. The monoisotopic (exact) mass is 307 g/mol. The van der Waals surface area contributed by atoms with Crippen LogP contribution in [0.5, 0.6) is 0 Å². The van der Waals surface area contributed by atoms with E-state index in [1.165, 1.54) is 6.08 Å². The minimum Gasteiger partial charge on any atom is -0.259 e. The molecule has 0 saturated carbocycles. The van der Waals surface area contributed by atoms with Crippen molar-refractivity contribution in [3.05, 3.63) is 85.5 Å². The summed E-state index contributed by atoms with van der Waals surface area (Å²) in [5.74, 6) is 0. The third-order valence-electron chi connectivity index (χ3n) is 2.74. The zero-order valence-corrected chi connectivity index (χ0v) is 11.9. The summed E-state index contributed by atoms with van der Waals surface area (Å²) >= 11 is 11.7. The molecule has 0 bridgehead atoms. The number of hydrogen-bond acceptors (Lipinski definition) is 2. The topological polar surface area (TPSA) is 43.1 Å². The molecule has 102 valence electrons. The zero-order chi connectivity index (χ0) is 14.5. The van der Waals surface area contributed by atoms with Gasteiger partial charge in [0.15, 0.2) is 0 Å². The van der Waals surface area contributed by atoms with E-state index < -0.39 is 0 Å². The molecule has 2 rings (SSSR count). The van der Waals surface area contributed by atoms with Gasteiger partial charge in [-0.25, -0.2) is 0 Å². The van der Waals surface area contributed by atoms with E-state index in [0.29, 0.717) is 15.6 Å². The van der Waals surface area contributed by atoms with Crippen LogP contribution in [0.4, 0.5) is 0 Å². The van der Waals surface area contributed by atoms with Gasteiger partial charge in [0.05, 0.1) is 21.4 Å². The van der Waals surface area contributed by atoms with Crippen molar-refractivity contribution in [2.75, 3.05) is 0 Å². The first-order valence-electron chi connectivity index (χ1n) is 5.90. The summed E-state index contributed by atoms with van der Waals surface area (Å²) in [6.07, 6.45) is 1.77. The predicted octanol–water partition coefficient (Wildman–Crippen LogP) is 4.85. The van der Waals surface area contributed by atoms with E-state index in [1.807, 2.05) is 30.3 Å². The Hall–Kier alpha value is -1.84. The summed E-state index contributed by atoms with van der Waals surface area (Å²) in [7, 11) is 0. The summed E-state index contributed by atoms with van der Waals surface area (Å²) in [4.78, 5) is 10.8. The Balaban J connectivity index is 2.30. The fourth-order valence-corrected chi connectivity index (χ4v) is 2.07. The summed E-state index contributed by atoms with van der Waals surface area (Å²) < 4.78 is 0. The first-order valence-corrected chi connectivity index (χ1v) is 6.66. The quantitative estimate of drug-likeness (QED) is 0.598. The van der Waals surface area contributed by atoms with Crippen LogP contribution in [0.15, 0.2) is 54.2 Å². The summed E-state index contributed by atoms with van der Waals surface area (Å²) in [5, 5.41) is 11.9. The van der Waals surface area contributed by atoms with Crippen LogP contribution in [0.25, 0.3) is 6.08 Å². The predicted molar refractivity (Wildman–Crippen MR) is 81.6 cm³/mol. The Kier molecular flexibility index (Phi) is 4.77. The number of nitro groups is 1. The van der Waals surface area contributed by atoms with Crippen molar-refractivity contribution in [1.82, 2.24) is 0 Å². The van der Waals surface area contributed by atoms with E-state index >= 15 is 0 Å². The maximum Gasteiger partial charge on any atom is 0.251 e. The molecule has 5 heteroatoms. The zero-order valence-electron chi connectivity index (χ0n) is 10.4. The molecule has 3 nitrogen and oxygen atoms in total. The van der Waals surface area contributed by atoms with E-state index in [4.69, 9.17) is 23.2 Å². The molecule has 0 aliphatic rings. The molecular weight excluding hydrogens is 297 g/mol. The van der Waals surface area contributed by atoms with Gasteiger partial charge in [-0.1, -0.05) is 59.6 Å². The third-order valence-corrected chi connectivity index (χ3v) is 3.48. The molecule has 0 aliphatic carbocycles.